The Bertz CT molecular complexity index is 175. The second kappa shape index (κ2) is 2.46. The summed E-state index contributed by atoms with van der Waals surface area (Å²) in [6.45, 7) is 6.07. The molecular weight excluding hydrogens is 150 g/mol. The molecule has 0 bridgehead atoms. The predicted octanol–water partition coefficient (Wildman–Crippen LogP) is 1.54. The van der Waals surface area contributed by atoms with Crippen LogP contribution in [0.1, 0.15) is 33.1 Å². The minimum absolute atomic E-state index is 0.0592. The van der Waals surface area contributed by atoms with E-state index < -0.39 is 0 Å². The second-order valence-electron chi connectivity index (χ2n) is 5.00. The van der Waals surface area contributed by atoms with E-state index in [2.05, 4.69) is 13.8 Å². The van der Waals surface area contributed by atoms with Gasteiger partial charge in [-0.1, -0.05) is 6.42 Å². The van der Waals surface area contributed by atoms with E-state index in [4.69, 9.17) is 10.5 Å². The third-order valence-electron chi connectivity index (χ3n) is 3.89. The zero-order chi connectivity index (χ0) is 8.82. The summed E-state index contributed by atoms with van der Waals surface area (Å²) in [5, 5.41) is 0. The van der Waals surface area contributed by atoms with Crippen LogP contribution in [0.15, 0.2) is 0 Å². The summed E-state index contributed by atoms with van der Waals surface area (Å²) in [5.74, 6) is 0.839. The molecule has 0 aromatic carbocycles. The summed E-state index contributed by atoms with van der Waals surface area (Å²) in [4.78, 5) is 0. The lowest BCUT2D eigenvalue weighted by Crippen LogP contribution is -2.66. The van der Waals surface area contributed by atoms with Gasteiger partial charge in [-0.25, -0.2) is 0 Å². The predicted molar refractivity (Wildman–Crippen MR) is 48.9 cm³/mol. The van der Waals surface area contributed by atoms with Gasteiger partial charge in [0.2, 0.25) is 0 Å². The molecule has 1 saturated carbocycles. The standard InChI is InChI=1S/C10H19NO/c1-9(2,11)10(6-12-7-10)8-4-3-5-8/h8H,3-7,11H2,1-2H3. The third kappa shape index (κ3) is 0.944. The Morgan fingerprint density at radius 1 is 1.33 bits per heavy atom. The molecule has 1 heterocycles. The monoisotopic (exact) mass is 169 g/mol. The molecule has 0 atom stereocenters. The molecule has 0 spiro atoms. The molecular formula is C10H19NO. The van der Waals surface area contributed by atoms with Gasteiger partial charge in [-0.3, -0.25) is 0 Å². The zero-order valence-corrected chi connectivity index (χ0v) is 8.10. The van der Waals surface area contributed by atoms with Gasteiger partial charge in [-0.15, -0.1) is 0 Å². The fourth-order valence-electron chi connectivity index (χ4n) is 2.42. The molecule has 2 fully saturated rings. The van der Waals surface area contributed by atoms with Gasteiger partial charge in [-0.05, 0) is 32.6 Å². The molecule has 0 unspecified atom stereocenters. The number of ether oxygens (including phenoxy) is 1. The summed E-state index contributed by atoms with van der Waals surface area (Å²) in [7, 11) is 0. The summed E-state index contributed by atoms with van der Waals surface area (Å²) >= 11 is 0. The van der Waals surface area contributed by atoms with Crippen LogP contribution in [-0.4, -0.2) is 18.8 Å². The van der Waals surface area contributed by atoms with Gasteiger partial charge < -0.3 is 10.5 Å². The van der Waals surface area contributed by atoms with Crippen molar-refractivity contribution in [2.45, 2.75) is 38.6 Å². The van der Waals surface area contributed by atoms with Crippen LogP contribution in [0.4, 0.5) is 0 Å². The summed E-state index contributed by atoms with van der Waals surface area (Å²) in [6, 6.07) is 0. The lowest BCUT2D eigenvalue weighted by molar-refractivity contribution is -0.194. The SMILES string of the molecule is CC(C)(N)C1(C2CCC2)COC1. The molecule has 1 aliphatic carbocycles. The first-order chi connectivity index (χ1) is 5.56. The third-order valence-corrected chi connectivity index (χ3v) is 3.89. The van der Waals surface area contributed by atoms with Crippen LogP contribution in [0.2, 0.25) is 0 Å². The molecule has 2 heteroatoms. The van der Waals surface area contributed by atoms with Crippen molar-refractivity contribution in [2.75, 3.05) is 13.2 Å². The topological polar surface area (TPSA) is 35.2 Å². The van der Waals surface area contributed by atoms with Gasteiger partial charge in [0.15, 0.2) is 0 Å². The summed E-state index contributed by atoms with van der Waals surface area (Å²) in [6.07, 6.45) is 4.12. The van der Waals surface area contributed by atoms with Crippen molar-refractivity contribution in [3.8, 4) is 0 Å². The van der Waals surface area contributed by atoms with E-state index >= 15 is 0 Å². The van der Waals surface area contributed by atoms with E-state index in [1.54, 1.807) is 0 Å². The highest BCUT2D eigenvalue weighted by Gasteiger charge is 2.55. The maximum Gasteiger partial charge on any atom is 0.0565 e. The molecule has 1 aliphatic heterocycles. The van der Waals surface area contributed by atoms with Gasteiger partial charge in [0.05, 0.1) is 13.2 Å². The van der Waals surface area contributed by atoms with Gasteiger partial charge in [0.1, 0.15) is 0 Å². The molecule has 70 valence electrons. The fraction of sp³-hybridized carbons (Fsp3) is 1.00. The van der Waals surface area contributed by atoms with Crippen molar-refractivity contribution < 1.29 is 4.74 Å². The Hall–Kier alpha value is -0.0800. The van der Waals surface area contributed by atoms with E-state index in [0.717, 1.165) is 19.1 Å². The fourth-order valence-corrected chi connectivity index (χ4v) is 2.42. The van der Waals surface area contributed by atoms with E-state index in [1.165, 1.54) is 19.3 Å². The molecule has 0 radical (unpaired) electrons. The number of hydrogen-bond donors (Lipinski definition) is 1. The lowest BCUT2D eigenvalue weighted by atomic mass is 9.56. The zero-order valence-electron chi connectivity index (χ0n) is 8.10. The largest absolute Gasteiger partial charge is 0.380 e. The van der Waals surface area contributed by atoms with Crippen molar-refractivity contribution in [1.82, 2.24) is 0 Å². The maximum absolute atomic E-state index is 6.21. The lowest BCUT2D eigenvalue weighted by Gasteiger charge is -2.57. The van der Waals surface area contributed by atoms with Crippen LogP contribution in [0, 0.1) is 11.3 Å². The van der Waals surface area contributed by atoms with Crippen LogP contribution in [0.5, 0.6) is 0 Å². The molecule has 2 N–H and O–H groups in total. The van der Waals surface area contributed by atoms with Crippen LogP contribution in [-0.2, 0) is 4.74 Å². The molecule has 2 nitrogen and oxygen atoms in total. The Morgan fingerprint density at radius 2 is 1.92 bits per heavy atom. The molecule has 12 heavy (non-hydrogen) atoms. The highest BCUT2D eigenvalue weighted by Crippen LogP contribution is 2.51. The Kier molecular flexibility index (Phi) is 1.74. The van der Waals surface area contributed by atoms with E-state index in [9.17, 15) is 0 Å². The molecule has 0 amide bonds. The van der Waals surface area contributed by atoms with Gasteiger partial charge in [0.25, 0.3) is 0 Å². The maximum atomic E-state index is 6.21. The molecule has 1 saturated heterocycles. The first-order valence-electron chi connectivity index (χ1n) is 4.93. The second-order valence-corrected chi connectivity index (χ2v) is 5.00. The number of rotatable bonds is 2. The number of nitrogens with two attached hydrogens (primary N) is 1. The van der Waals surface area contributed by atoms with Crippen molar-refractivity contribution in [3.63, 3.8) is 0 Å². The van der Waals surface area contributed by atoms with E-state index in [-0.39, 0.29) is 5.54 Å². The van der Waals surface area contributed by atoms with Crippen LogP contribution < -0.4 is 5.73 Å². The van der Waals surface area contributed by atoms with Gasteiger partial charge >= 0.3 is 0 Å². The minimum atomic E-state index is -0.0592. The quantitative estimate of drug-likeness (QED) is 0.680. The van der Waals surface area contributed by atoms with Crippen molar-refractivity contribution >= 4 is 0 Å². The molecule has 2 rings (SSSR count). The van der Waals surface area contributed by atoms with E-state index in [1.807, 2.05) is 0 Å². The average Bonchev–Trinajstić information content (AvgIpc) is 1.68. The minimum Gasteiger partial charge on any atom is -0.380 e. The first-order valence-corrected chi connectivity index (χ1v) is 4.93. The van der Waals surface area contributed by atoms with Crippen LogP contribution in [0.3, 0.4) is 0 Å². The van der Waals surface area contributed by atoms with Gasteiger partial charge in [-0.2, -0.15) is 0 Å². The Labute approximate surface area is 74.5 Å². The Morgan fingerprint density at radius 3 is 2.00 bits per heavy atom. The normalized spacial score (nSPS) is 29.2. The van der Waals surface area contributed by atoms with Crippen molar-refractivity contribution in [2.24, 2.45) is 17.1 Å². The average molecular weight is 169 g/mol. The molecule has 0 aromatic rings. The van der Waals surface area contributed by atoms with Crippen molar-refractivity contribution in [3.05, 3.63) is 0 Å². The van der Waals surface area contributed by atoms with Crippen LogP contribution in [0.25, 0.3) is 0 Å². The Balaban J connectivity index is 2.12. The van der Waals surface area contributed by atoms with Gasteiger partial charge in [0, 0.05) is 11.0 Å². The van der Waals surface area contributed by atoms with E-state index in [0.29, 0.717) is 5.41 Å². The number of hydrogen-bond acceptors (Lipinski definition) is 2. The highest BCUT2D eigenvalue weighted by molar-refractivity contribution is 5.06. The molecule has 2 aliphatic rings. The highest BCUT2D eigenvalue weighted by atomic mass is 16.5. The first kappa shape index (κ1) is 8.52. The smallest absolute Gasteiger partial charge is 0.0565 e. The summed E-state index contributed by atoms with van der Waals surface area (Å²) in [5.41, 5.74) is 6.46. The van der Waals surface area contributed by atoms with Crippen LogP contribution >= 0.6 is 0 Å². The summed E-state index contributed by atoms with van der Waals surface area (Å²) < 4.78 is 5.34. The molecule has 0 aromatic heterocycles. The van der Waals surface area contributed by atoms with Crippen molar-refractivity contribution in [1.29, 1.82) is 0 Å².